The maximum Gasteiger partial charge on any atom is 0.260 e. The molecule has 1 aliphatic rings. The summed E-state index contributed by atoms with van der Waals surface area (Å²) in [7, 11) is 3.49. The van der Waals surface area contributed by atoms with E-state index in [1.807, 2.05) is 42.3 Å². The third-order valence-corrected chi connectivity index (χ3v) is 5.40. The Kier molecular flexibility index (Phi) is 7.31. The maximum atomic E-state index is 12.6. The zero-order valence-electron chi connectivity index (χ0n) is 16.8. The van der Waals surface area contributed by atoms with E-state index in [4.69, 9.17) is 9.47 Å². The number of para-hydroxylation sites is 2. The highest BCUT2D eigenvalue weighted by atomic mass is 16.5. The molecule has 0 saturated carbocycles. The van der Waals surface area contributed by atoms with E-state index in [0.717, 1.165) is 38.9 Å². The van der Waals surface area contributed by atoms with Gasteiger partial charge in [0, 0.05) is 26.2 Å². The van der Waals surface area contributed by atoms with Gasteiger partial charge in [0.05, 0.1) is 7.11 Å². The molecule has 1 fully saturated rings. The minimum Gasteiger partial charge on any atom is -0.493 e. The second-order valence-electron chi connectivity index (χ2n) is 7.28. The molecule has 5 heteroatoms. The molecule has 1 amide bonds. The van der Waals surface area contributed by atoms with Crippen LogP contribution in [0.5, 0.6) is 11.5 Å². The molecule has 0 aromatic heterocycles. The first-order chi connectivity index (χ1) is 13.7. The van der Waals surface area contributed by atoms with Crippen molar-refractivity contribution in [2.24, 2.45) is 0 Å². The number of hydrogen-bond acceptors (Lipinski definition) is 4. The topological polar surface area (TPSA) is 42.0 Å². The number of rotatable bonds is 8. The number of piperidine rings is 1. The molecule has 1 heterocycles. The van der Waals surface area contributed by atoms with Crippen LogP contribution in [0.25, 0.3) is 0 Å². The summed E-state index contributed by atoms with van der Waals surface area (Å²) < 4.78 is 11.0. The highest BCUT2D eigenvalue weighted by molar-refractivity contribution is 5.78. The second-order valence-corrected chi connectivity index (χ2v) is 7.28. The first-order valence-corrected chi connectivity index (χ1v) is 9.95. The van der Waals surface area contributed by atoms with Gasteiger partial charge in [0.25, 0.3) is 5.91 Å². The van der Waals surface area contributed by atoms with Crippen molar-refractivity contribution in [3.63, 3.8) is 0 Å². The molecular formula is C23H30N2O3. The third kappa shape index (κ3) is 5.49. The minimum atomic E-state index is 0.000755. The molecule has 1 unspecified atom stereocenters. The monoisotopic (exact) mass is 382 g/mol. The Bertz CT molecular complexity index is 751. The average Bonchev–Trinajstić information content (AvgIpc) is 2.76. The Morgan fingerprint density at radius 1 is 1.11 bits per heavy atom. The fraction of sp³-hybridized carbons (Fsp3) is 0.435. The van der Waals surface area contributed by atoms with Crippen LogP contribution < -0.4 is 9.47 Å². The van der Waals surface area contributed by atoms with Crippen molar-refractivity contribution in [2.75, 3.05) is 40.4 Å². The SMILES string of the molecule is COc1ccccc1OCC(=O)N(C)C1CCCN(CCc2ccccc2)C1. The van der Waals surface area contributed by atoms with Gasteiger partial charge in [0.15, 0.2) is 18.1 Å². The van der Waals surface area contributed by atoms with Gasteiger partial charge in [-0.1, -0.05) is 42.5 Å². The van der Waals surface area contributed by atoms with Crippen molar-refractivity contribution >= 4 is 5.91 Å². The van der Waals surface area contributed by atoms with Crippen LogP contribution in [0.1, 0.15) is 18.4 Å². The summed E-state index contributed by atoms with van der Waals surface area (Å²) in [5.74, 6) is 1.24. The van der Waals surface area contributed by atoms with Crippen LogP contribution in [0.2, 0.25) is 0 Å². The average molecular weight is 383 g/mol. The number of likely N-dealkylation sites (tertiary alicyclic amines) is 1. The van der Waals surface area contributed by atoms with Crippen LogP contribution in [-0.2, 0) is 11.2 Å². The van der Waals surface area contributed by atoms with Gasteiger partial charge < -0.3 is 19.3 Å². The summed E-state index contributed by atoms with van der Waals surface area (Å²) in [6, 6.07) is 18.2. The molecule has 3 rings (SSSR count). The number of carbonyl (C=O) groups is 1. The third-order valence-electron chi connectivity index (χ3n) is 5.40. The van der Waals surface area contributed by atoms with E-state index in [-0.39, 0.29) is 18.6 Å². The summed E-state index contributed by atoms with van der Waals surface area (Å²) in [5.41, 5.74) is 1.36. The predicted octanol–water partition coefficient (Wildman–Crippen LogP) is 3.24. The zero-order valence-corrected chi connectivity index (χ0v) is 16.8. The molecular weight excluding hydrogens is 352 g/mol. The van der Waals surface area contributed by atoms with E-state index in [1.165, 1.54) is 5.56 Å². The molecule has 150 valence electrons. The van der Waals surface area contributed by atoms with Crippen molar-refractivity contribution in [1.82, 2.24) is 9.80 Å². The van der Waals surface area contributed by atoms with E-state index >= 15 is 0 Å². The second kappa shape index (κ2) is 10.1. The molecule has 0 spiro atoms. The molecule has 5 nitrogen and oxygen atoms in total. The normalized spacial score (nSPS) is 17.1. The van der Waals surface area contributed by atoms with E-state index in [9.17, 15) is 4.79 Å². The molecule has 0 N–H and O–H groups in total. The molecule has 0 bridgehead atoms. The molecule has 1 saturated heterocycles. The summed E-state index contributed by atoms with van der Waals surface area (Å²) in [6.45, 7) is 3.07. The standard InChI is InChI=1S/C23H30N2O3/c1-24(23(26)18-28-22-13-7-6-12-21(22)27-2)20-11-8-15-25(17-20)16-14-19-9-4-3-5-10-19/h3-7,9-10,12-13,20H,8,11,14-18H2,1-2H3. The highest BCUT2D eigenvalue weighted by Gasteiger charge is 2.26. The van der Waals surface area contributed by atoms with Gasteiger partial charge in [-0.2, -0.15) is 0 Å². The van der Waals surface area contributed by atoms with Crippen molar-refractivity contribution < 1.29 is 14.3 Å². The largest absolute Gasteiger partial charge is 0.493 e. The quantitative estimate of drug-likeness (QED) is 0.703. The number of benzene rings is 2. The molecule has 0 aliphatic carbocycles. The predicted molar refractivity (Wildman–Crippen MR) is 111 cm³/mol. The highest BCUT2D eigenvalue weighted by Crippen LogP contribution is 2.26. The Labute approximate surface area is 167 Å². The number of hydrogen-bond donors (Lipinski definition) is 0. The van der Waals surface area contributed by atoms with E-state index < -0.39 is 0 Å². The smallest absolute Gasteiger partial charge is 0.260 e. The van der Waals surface area contributed by atoms with Crippen LogP contribution in [0.3, 0.4) is 0 Å². The lowest BCUT2D eigenvalue weighted by atomic mass is 10.0. The number of ether oxygens (including phenoxy) is 2. The van der Waals surface area contributed by atoms with E-state index in [1.54, 1.807) is 7.11 Å². The first kappa shape index (κ1) is 20.2. The maximum absolute atomic E-state index is 12.6. The lowest BCUT2D eigenvalue weighted by Gasteiger charge is -2.37. The molecule has 2 aromatic rings. The van der Waals surface area contributed by atoms with Gasteiger partial charge in [0.2, 0.25) is 0 Å². The number of carbonyl (C=O) groups excluding carboxylic acids is 1. The summed E-state index contributed by atoms with van der Waals surface area (Å²) in [4.78, 5) is 17.0. The zero-order chi connectivity index (χ0) is 19.8. The fourth-order valence-corrected chi connectivity index (χ4v) is 3.67. The van der Waals surface area contributed by atoms with E-state index in [2.05, 4.69) is 29.2 Å². The molecule has 1 aliphatic heterocycles. The van der Waals surface area contributed by atoms with Crippen LogP contribution in [0.15, 0.2) is 54.6 Å². The van der Waals surface area contributed by atoms with Gasteiger partial charge in [-0.25, -0.2) is 0 Å². The number of methoxy groups -OCH3 is 1. The number of amides is 1. The van der Waals surface area contributed by atoms with E-state index in [0.29, 0.717) is 11.5 Å². The van der Waals surface area contributed by atoms with Gasteiger partial charge in [0.1, 0.15) is 0 Å². The Morgan fingerprint density at radius 3 is 2.57 bits per heavy atom. The van der Waals surface area contributed by atoms with Gasteiger partial charge in [-0.3, -0.25) is 4.79 Å². The van der Waals surface area contributed by atoms with Crippen molar-refractivity contribution in [2.45, 2.75) is 25.3 Å². The minimum absolute atomic E-state index is 0.000755. The lowest BCUT2D eigenvalue weighted by Crippen LogP contribution is -2.50. The number of likely N-dealkylation sites (N-methyl/N-ethyl adjacent to an activating group) is 1. The van der Waals surface area contributed by atoms with Crippen molar-refractivity contribution in [3.05, 3.63) is 60.2 Å². The summed E-state index contributed by atoms with van der Waals surface area (Å²) >= 11 is 0. The fourth-order valence-electron chi connectivity index (χ4n) is 3.67. The van der Waals surface area contributed by atoms with Crippen LogP contribution >= 0.6 is 0 Å². The van der Waals surface area contributed by atoms with Gasteiger partial charge in [-0.05, 0) is 43.5 Å². The molecule has 2 aromatic carbocycles. The van der Waals surface area contributed by atoms with Crippen LogP contribution in [-0.4, -0.2) is 62.1 Å². The van der Waals surface area contributed by atoms with Crippen LogP contribution in [0, 0.1) is 0 Å². The van der Waals surface area contributed by atoms with Crippen molar-refractivity contribution in [3.8, 4) is 11.5 Å². The van der Waals surface area contributed by atoms with Gasteiger partial charge in [-0.15, -0.1) is 0 Å². The Morgan fingerprint density at radius 2 is 1.82 bits per heavy atom. The summed E-state index contributed by atoms with van der Waals surface area (Å²) in [5, 5.41) is 0. The van der Waals surface area contributed by atoms with Crippen molar-refractivity contribution in [1.29, 1.82) is 0 Å². The lowest BCUT2D eigenvalue weighted by molar-refractivity contribution is -0.135. The first-order valence-electron chi connectivity index (χ1n) is 9.95. The molecule has 0 radical (unpaired) electrons. The number of nitrogens with zero attached hydrogens (tertiary/aromatic N) is 2. The molecule has 28 heavy (non-hydrogen) atoms. The molecule has 1 atom stereocenters. The van der Waals surface area contributed by atoms with Crippen LogP contribution in [0.4, 0.5) is 0 Å². The Hall–Kier alpha value is -2.53. The Balaban J connectivity index is 1.48. The van der Waals surface area contributed by atoms with Gasteiger partial charge >= 0.3 is 0 Å². The summed E-state index contributed by atoms with van der Waals surface area (Å²) in [6.07, 6.45) is 3.20.